The molecule has 0 aliphatic heterocycles. The van der Waals surface area contributed by atoms with Crippen molar-refractivity contribution in [2.75, 3.05) is 14.2 Å². The van der Waals surface area contributed by atoms with E-state index in [4.69, 9.17) is 13.9 Å². The molecule has 0 bridgehead atoms. The molecule has 0 fully saturated rings. The largest absolute Gasteiger partial charge is 0.493 e. The number of hydrogen-bond acceptors (Lipinski definition) is 5. The zero-order chi connectivity index (χ0) is 25.6. The van der Waals surface area contributed by atoms with Gasteiger partial charge >= 0.3 is 6.18 Å². The summed E-state index contributed by atoms with van der Waals surface area (Å²) in [6.07, 6.45) is -3.13. The second kappa shape index (κ2) is 8.61. The Morgan fingerprint density at radius 3 is 2.39 bits per heavy atom. The molecule has 4 aromatic rings. The van der Waals surface area contributed by atoms with Crippen molar-refractivity contribution in [2.45, 2.75) is 12.1 Å². The molecule has 5 nitrogen and oxygen atoms in total. The molecule has 1 aliphatic rings. The first-order chi connectivity index (χ1) is 17.3. The van der Waals surface area contributed by atoms with Gasteiger partial charge in [0, 0.05) is 6.07 Å². The molecule has 0 amide bonds. The van der Waals surface area contributed by atoms with Gasteiger partial charge in [-0.15, -0.1) is 0 Å². The summed E-state index contributed by atoms with van der Waals surface area (Å²) in [4.78, 5) is 13.7. The van der Waals surface area contributed by atoms with Crippen molar-refractivity contribution >= 4 is 22.6 Å². The van der Waals surface area contributed by atoms with Crippen LogP contribution in [0.5, 0.6) is 11.5 Å². The monoisotopic (exact) mass is 489 g/mol. The molecule has 0 saturated carbocycles. The maximum Gasteiger partial charge on any atom is 0.416 e. The molecule has 0 spiro atoms. The zero-order valence-electron chi connectivity index (χ0n) is 19.1. The van der Waals surface area contributed by atoms with Gasteiger partial charge in [0.1, 0.15) is 11.3 Å². The van der Waals surface area contributed by atoms with Gasteiger partial charge in [-0.25, -0.2) is 0 Å². The second-order valence-corrected chi connectivity index (χ2v) is 8.23. The van der Waals surface area contributed by atoms with Gasteiger partial charge in [0.05, 0.1) is 48.3 Å². The highest BCUT2D eigenvalue weighted by Gasteiger charge is 2.34. The molecule has 5 rings (SSSR count). The van der Waals surface area contributed by atoms with Crippen LogP contribution in [0.15, 0.2) is 69.9 Å². The highest BCUT2D eigenvalue weighted by molar-refractivity contribution is 5.95. The van der Waals surface area contributed by atoms with Crippen LogP contribution >= 0.6 is 0 Å². The Kier molecular flexibility index (Phi) is 5.56. The van der Waals surface area contributed by atoms with E-state index in [1.165, 1.54) is 38.5 Å². The average Bonchev–Trinajstić information content (AvgIpc) is 3.02. The first kappa shape index (κ1) is 23.2. The number of methoxy groups -OCH3 is 2. The molecule has 0 saturated heterocycles. The molecule has 1 aliphatic carbocycles. The van der Waals surface area contributed by atoms with Gasteiger partial charge in [-0.1, -0.05) is 42.5 Å². The zero-order valence-corrected chi connectivity index (χ0v) is 19.1. The summed E-state index contributed by atoms with van der Waals surface area (Å²) < 4.78 is 57.7. The van der Waals surface area contributed by atoms with Crippen molar-refractivity contribution < 1.29 is 27.1 Å². The average molecular weight is 489 g/mol. The van der Waals surface area contributed by atoms with Crippen LogP contribution in [0, 0.1) is 11.3 Å². The normalized spacial score (nSPS) is 14.8. The van der Waals surface area contributed by atoms with Crippen LogP contribution in [0.2, 0.25) is 0 Å². The molecule has 3 aromatic carbocycles. The molecule has 8 heteroatoms. The third-order valence-corrected chi connectivity index (χ3v) is 6.24. The Morgan fingerprint density at radius 1 is 0.972 bits per heavy atom. The lowest BCUT2D eigenvalue weighted by Crippen LogP contribution is -2.14. The lowest BCUT2D eigenvalue weighted by atomic mass is 9.84. The number of ether oxygens (including phenoxy) is 2. The highest BCUT2D eigenvalue weighted by Crippen LogP contribution is 2.43. The van der Waals surface area contributed by atoms with Crippen molar-refractivity contribution in [3.05, 3.63) is 104 Å². The molecule has 1 atom stereocenters. The number of benzene rings is 3. The molecule has 0 radical (unpaired) electrons. The molecule has 180 valence electrons. The van der Waals surface area contributed by atoms with Gasteiger partial charge in [-0.3, -0.25) is 4.79 Å². The minimum Gasteiger partial charge on any atom is -0.493 e. The molecule has 1 heterocycles. The predicted molar refractivity (Wildman–Crippen MR) is 128 cm³/mol. The summed E-state index contributed by atoms with van der Waals surface area (Å²) in [5, 5.41) is 10.1. The minimum atomic E-state index is -4.56. The van der Waals surface area contributed by atoms with E-state index >= 15 is 0 Å². The minimum absolute atomic E-state index is 0.0879. The van der Waals surface area contributed by atoms with E-state index in [0.717, 1.165) is 12.1 Å². The summed E-state index contributed by atoms with van der Waals surface area (Å²) in [5.74, 6) is -0.110. The van der Waals surface area contributed by atoms with E-state index in [2.05, 4.69) is 6.07 Å². The Bertz CT molecular complexity index is 1640. The number of nitriles is 1. The SMILES string of the molecule is COc1cc2oc3c(c(=O)c2cc1OC)C=C(C#N)c1ccccc1C3c1cccc(C(F)(F)F)c1. The smallest absolute Gasteiger partial charge is 0.416 e. The molecular formula is C28H18F3NO4. The van der Waals surface area contributed by atoms with Gasteiger partial charge in [-0.2, -0.15) is 18.4 Å². The third-order valence-electron chi connectivity index (χ3n) is 6.24. The number of allylic oxidation sites excluding steroid dienone is 1. The Balaban J connectivity index is 1.91. The molecule has 0 N–H and O–H groups in total. The number of alkyl halides is 3. The van der Waals surface area contributed by atoms with E-state index in [9.17, 15) is 23.2 Å². The third kappa shape index (κ3) is 3.69. The summed E-state index contributed by atoms with van der Waals surface area (Å²) in [5.41, 5.74) is 0.530. The number of hydrogen-bond donors (Lipinski definition) is 0. The number of fused-ring (bicyclic) bond motifs is 3. The lowest BCUT2D eigenvalue weighted by molar-refractivity contribution is -0.137. The van der Waals surface area contributed by atoms with Crippen LogP contribution in [0.25, 0.3) is 22.6 Å². The van der Waals surface area contributed by atoms with Gasteiger partial charge in [0.2, 0.25) is 0 Å². The van der Waals surface area contributed by atoms with Gasteiger partial charge in [0.15, 0.2) is 16.9 Å². The standard InChI is InChI=1S/C28H18F3NO4/c1-34-23-12-20-22(13-24(23)35-2)36-27-21(26(20)33)11-16(14-32)18-8-3-4-9-19(18)25(27)15-6-5-7-17(10-15)28(29,30)31/h3-13,25H,1-2H3. The number of rotatable bonds is 3. The highest BCUT2D eigenvalue weighted by atomic mass is 19.4. The second-order valence-electron chi connectivity index (χ2n) is 8.23. The first-order valence-electron chi connectivity index (χ1n) is 10.9. The Morgan fingerprint density at radius 2 is 1.69 bits per heavy atom. The van der Waals surface area contributed by atoms with Crippen LogP contribution in [0.3, 0.4) is 0 Å². The fraction of sp³-hybridized carbons (Fsp3) is 0.143. The summed E-state index contributed by atoms with van der Waals surface area (Å²) in [7, 11) is 2.87. The van der Waals surface area contributed by atoms with Crippen LogP contribution < -0.4 is 14.9 Å². The van der Waals surface area contributed by atoms with Crippen molar-refractivity contribution in [1.29, 1.82) is 5.26 Å². The predicted octanol–water partition coefficient (Wildman–Crippen LogP) is 6.39. The van der Waals surface area contributed by atoms with Gasteiger partial charge in [-0.05, 0) is 34.9 Å². The van der Waals surface area contributed by atoms with Crippen LogP contribution in [0.4, 0.5) is 13.2 Å². The number of halogens is 3. The van der Waals surface area contributed by atoms with Gasteiger partial charge < -0.3 is 13.9 Å². The fourth-order valence-corrected chi connectivity index (χ4v) is 4.58. The van der Waals surface area contributed by atoms with Crippen LogP contribution in [-0.4, -0.2) is 14.2 Å². The van der Waals surface area contributed by atoms with E-state index in [0.29, 0.717) is 22.6 Å². The van der Waals surface area contributed by atoms with Crippen molar-refractivity contribution in [1.82, 2.24) is 0 Å². The Hall–Kier alpha value is -4.51. The Labute approximate surface area is 203 Å². The molecule has 36 heavy (non-hydrogen) atoms. The van der Waals surface area contributed by atoms with E-state index in [1.54, 1.807) is 30.3 Å². The lowest BCUT2D eigenvalue weighted by Gasteiger charge is -2.21. The van der Waals surface area contributed by atoms with Crippen molar-refractivity contribution in [3.63, 3.8) is 0 Å². The van der Waals surface area contributed by atoms with E-state index in [-0.39, 0.29) is 33.4 Å². The molecule has 1 aromatic heterocycles. The maximum atomic E-state index is 13.7. The first-order valence-corrected chi connectivity index (χ1v) is 10.9. The fourth-order valence-electron chi connectivity index (χ4n) is 4.58. The summed E-state index contributed by atoms with van der Waals surface area (Å²) in [6.45, 7) is 0. The molecular weight excluding hydrogens is 471 g/mol. The van der Waals surface area contributed by atoms with Crippen molar-refractivity contribution in [3.8, 4) is 17.6 Å². The van der Waals surface area contributed by atoms with E-state index in [1.807, 2.05) is 0 Å². The topological polar surface area (TPSA) is 72.5 Å². The summed E-state index contributed by atoms with van der Waals surface area (Å²) in [6, 6.07) is 16.9. The number of nitrogens with zero attached hydrogens (tertiary/aromatic N) is 1. The van der Waals surface area contributed by atoms with Crippen molar-refractivity contribution in [2.24, 2.45) is 0 Å². The van der Waals surface area contributed by atoms with Gasteiger partial charge in [0.25, 0.3) is 0 Å². The van der Waals surface area contributed by atoms with E-state index < -0.39 is 23.1 Å². The maximum absolute atomic E-state index is 13.7. The van der Waals surface area contributed by atoms with Crippen LogP contribution in [0.1, 0.15) is 39.5 Å². The molecule has 1 unspecified atom stereocenters. The van der Waals surface area contributed by atoms with Crippen LogP contribution in [-0.2, 0) is 6.18 Å². The quantitative estimate of drug-likeness (QED) is 0.334. The summed E-state index contributed by atoms with van der Waals surface area (Å²) >= 11 is 0.